The molecule has 74 valence electrons. The number of aryl methyl sites for hydroxylation is 2. The van der Waals surface area contributed by atoms with Gasteiger partial charge in [0.1, 0.15) is 6.67 Å². The Balaban J connectivity index is 2.39. The van der Waals surface area contributed by atoms with E-state index in [4.69, 9.17) is 0 Å². The molecule has 0 N–H and O–H groups in total. The van der Waals surface area contributed by atoms with Crippen molar-refractivity contribution in [3.63, 3.8) is 0 Å². The molecule has 0 aliphatic rings. The van der Waals surface area contributed by atoms with Crippen molar-refractivity contribution in [1.82, 2.24) is 9.78 Å². The van der Waals surface area contributed by atoms with Crippen LogP contribution >= 0.6 is 0 Å². The predicted octanol–water partition coefficient (Wildman–Crippen LogP) is 2.44. The number of aromatic nitrogens is 2. The summed E-state index contributed by atoms with van der Waals surface area (Å²) < 4.78 is 13.6. The molecule has 0 spiro atoms. The molecule has 0 aliphatic carbocycles. The molecule has 13 heavy (non-hydrogen) atoms. The van der Waals surface area contributed by atoms with Crippen molar-refractivity contribution in [3.8, 4) is 0 Å². The second-order valence-electron chi connectivity index (χ2n) is 3.73. The molecule has 0 saturated heterocycles. The van der Waals surface area contributed by atoms with Gasteiger partial charge in [0.15, 0.2) is 0 Å². The zero-order valence-corrected chi connectivity index (χ0v) is 8.33. The van der Waals surface area contributed by atoms with Crippen molar-refractivity contribution in [2.24, 2.45) is 5.92 Å². The van der Waals surface area contributed by atoms with Gasteiger partial charge in [0.25, 0.3) is 0 Å². The number of alkyl halides is 1. The Kier molecular flexibility index (Phi) is 3.93. The first-order chi connectivity index (χ1) is 6.22. The summed E-state index contributed by atoms with van der Waals surface area (Å²) in [4.78, 5) is 0. The van der Waals surface area contributed by atoms with Crippen molar-refractivity contribution in [2.75, 3.05) is 6.67 Å². The van der Waals surface area contributed by atoms with Crippen LogP contribution in [-0.2, 0) is 13.0 Å². The summed E-state index contributed by atoms with van der Waals surface area (Å²) in [6, 6.07) is 0. The topological polar surface area (TPSA) is 17.8 Å². The lowest BCUT2D eigenvalue weighted by molar-refractivity contribution is 0.427. The van der Waals surface area contributed by atoms with Gasteiger partial charge in [-0.15, -0.1) is 0 Å². The fourth-order valence-corrected chi connectivity index (χ4v) is 1.20. The number of rotatable bonds is 5. The molecule has 0 amide bonds. The molecule has 0 aromatic carbocycles. The lowest BCUT2D eigenvalue weighted by Gasteiger charge is -2.00. The third kappa shape index (κ3) is 3.57. The summed E-state index contributed by atoms with van der Waals surface area (Å²) in [5.41, 5.74) is 1.21. The molecule has 0 aliphatic heterocycles. The molecular weight excluding hydrogens is 167 g/mol. The van der Waals surface area contributed by atoms with Gasteiger partial charge >= 0.3 is 0 Å². The van der Waals surface area contributed by atoms with Gasteiger partial charge in [-0.3, -0.25) is 4.68 Å². The van der Waals surface area contributed by atoms with Crippen molar-refractivity contribution < 1.29 is 4.39 Å². The summed E-state index contributed by atoms with van der Waals surface area (Å²) in [5, 5.41) is 4.06. The summed E-state index contributed by atoms with van der Waals surface area (Å²) in [6.07, 6.45) is 5.98. The highest BCUT2D eigenvalue weighted by atomic mass is 19.1. The number of hydrogen-bond donors (Lipinski definition) is 0. The third-order valence-electron chi connectivity index (χ3n) is 2.01. The molecule has 1 aromatic heterocycles. The van der Waals surface area contributed by atoms with Crippen LogP contribution in [0.1, 0.15) is 25.8 Å². The van der Waals surface area contributed by atoms with Gasteiger partial charge in [-0.1, -0.05) is 13.8 Å². The minimum absolute atomic E-state index is 0.342. The Labute approximate surface area is 78.8 Å². The zero-order chi connectivity index (χ0) is 9.68. The third-order valence-corrected chi connectivity index (χ3v) is 2.01. The van der Waals surface area contributed by atoms with E-state index in [0.717, 1.165) is 6.42 Å². The molecule has 3 heteroatoms. The minimum Gasteiger partial charge on any atom is -0.270 e. The standard InChI is InChI=1S/C10H17FN2/c1-9(2)3-4-10-7-12-13(8-10)6-5-11/h7-9H,3-6H2,1-2H3. The summed E-state index contributed by atoms with van der Waals surface area (Å²) in [7, 11) is 0. The zero-order valence-electron chi connectivity index (χ0n) is 8.33. The van der Waals surface area contributed by atoms with Crippen LogP contribution in [0.25, 0.3) is 0 Å². The van der Waals surface area contributed by atoms with E-state index in [1.54, 1.807) is 4.68 Å². The van der Waals surface area contributed by atoms with E-state index in [0.29, 0.717) is 12.5 Å². The first-order valence-electron chi connectivity index (χ1n) is 4.79. The van der Waals surface area contributed by atoms with Crippen molar-refractivity contribution in [3.05, 3.63) is 18.0 Å². The number of halogens is 1. The van der Waals surface area contributed by atoms with Crippen LogP contribution in [0, 0.1) is 5.92 Å². The molecule has 2 nitrogen and oxygen atoms in total. The van der Waals surface area contributed by atoms with Crippen LogP contribution in [0.5, 0.6) is 0 Å². The summed E-state index contributed by atoms with van der Waals surface area (Å²) in [6.45, 7) is 4.44. The second kappa shape index (κ2) is 5.00. The predicted molar refractivity (Wildman–Crippen MR) is 51.4 cm³/mol. The van der Waals surface area contributed by atoms with Crippen LogP contribution in [-0.4, -0.2) is 16.5 Å². The number of nitrogens with zero attached hydrogens (tertiary/aromatic N) is 2. The molecule has 1 aromatic rings. The van der Waals surface area contributed by atoms with Crippen molar-refractivity contribution in [1.29, 1.82) is 0 Å². The smallest absolute Gasteiger partial charge is 0.109 e. The Morgan fingerprint density at radius 3 is 2.92 bits per heavy atom. The Morgan fingerprint density at radius 2 is 2.31 bits per heavy atom. The molecule has 0 saturated carbocycles. The molecule has 0 fully saturated rings. The van der Waals surface area contributed by atoms with E-state index < -0.39 is 0 Å². The van der Waals surface area contributed by atoms with Crippen LogP contribution < -0.4 is 0 Å². The van der Waals surface area contributed by atoms with Gasteiger partial charge < -0.3 is 0 Å². The Bertz CT molecular complexity index is 243. The molecular formula is C10H17FN2. The lowest BCUT2D eigenvalue weighted by atomic mass is 10.1. The molecule has 0 atom stereocenters. The molecule has 1 rings (SSSR count). The average Bonchev–Trinajstić information content (AvgIpc) is 2.50. The van der Waals surface area contributed by atoms with E-state index in [2.05, 4.69) is 18.9 Å². The van der Waals surface area contributed by atoms with Gasteiger partial charge in [0.05, 0.1) is 12.7 Å². The van der Waals surface area contributed by atoms with Gasteiger partial charge in [0, 0.05) is 6.20 Å². The first-order valence-corrected chi connectivity index (χ1v) is 4.79. The van der Waals surface area contributed by atoms with E-state index in [9.17, 15) is 4.39 Å². The Morgan fingerprint density at radius 1 is 1.54 bits per heavy atom. The highest BCUT2D eigenvalue weighted by Gasteiger charge is 2.00. The summed E-state index contributed by atoms with van der Waals surface area (Å²) >= 11 is 0. The second-order valence-corrected chi connectivity index (χ2v) is 3.73. The number of hydrogen-bond acceptors (Lipinski definition) is 1. The van der Waals surface area contributed by atoms with Gasteiger partial charge in [-0.2, -0.15) is 5.10 Å². The van der Waals surface area contributed by atoms with Gasteiger partial charge in [0.2, 0.25) is 0 Å². The monoisotopic (exact) mass is 184 g/mol. The van der Waals surface area contributed by atoms with Gasteiger partial charge in [-0.05, 0) is 24.3 Å². The Hall–Kier alpha value is -0.860. The van der Waals surface area contributed by atoms with E-state index in [-0.39, 0.29) is 6.67 Å². The van der Waals surface area contributed by atoms with Crippen LogP contribution in [0.2, 0.25) is 0 Å². The maximum absolute atomic E-state index is 11.9. The molecule has 1 heterocycles. The maximum atomic E-state index is 11.9. The first kappa shape index (κ1) is 10.2. The quantitative estimate of drug-likeness (QED) is 0.687. The lowest BCUT2D eigenvalue weighted by Crippen LogP contribution is -1.99. The largest absolute Gasteiger partial charge is 0.270 e. The van der Waals surface area contributed by atoms with Crippen molar-refractivity contribution >= 4 is 0 Å². The minimum atomic E-state index is -0.342. The van der Waals surface area contributed by atoms with E-state index in [1.165, 1.54) is 12.0 Å². The molecule has 0 unspecified atom stereocenters. The fourth-order valence-electron chi connectivity index (χ4n) is 1.20. The van der Waals surface area contributed by atoms with Crippen molar-refractivity contribution in [2.45, 2.75) is 33.2 Å². The van der Waals surface area contributed by atoms with Crippen LogP contribution in [0.4, 0.5) is 4.39 Å². The molecule has 0 radical (unpaired) electrons. The average molecular weight is 184 g/mol. The van der Waals surface area contributed by atoms with Crippen LogP contribution in [0.3, 0.4) is 0 Å². The van der Waals surface area contributed by atoms with Crippen LogP contribution in [0.15, 0.2) is 12.4 Å². The highest BCUT2D eigenvalue weighted by Crippen LogP contribution is 2.07. The van der Waals surface area contributed by atoms with E-state index >= 15 is 0 Å². The SMILES string of the molecule is CC(C)CCc1cnn(CCF)c1. The van der Waals surface area contributed by atoms with Gasteiger partial charge in [-0.25, -0.2) is 4.39 Å². The maximum Gasteiger partial charge on any atom is 0.109 e. The normalized spacial score (nSPS) is 11.1. The molecule has 0 bridgehead atoms. The van der Waals surface area contributed by atoms with E-state index in [1.807, 2.05) is 12.4 Å². The highest BCUT2D eigenvalue weighted by molar-refractivity contribution is 5.03. The summed E-state index contributed by atoms with van der Waals surface area (Å²) in [5.74, 6) is 0.713. The fraction of sp³-hybridized carbons (Fsp3) is 0.700.